The smallest absolute Gasteiger partial charge is 0.356 e. The fraction of sp³-hybridized carbons (Fsp3) is 0.643. The normalized spacial score (nSPS) is 15.9. The maximum absolute atomic E-state index is 10.9. The lowest BCUT2D eigenvalue weighted by molar-refractivity contribution is 0.0689. The molecule has 1 heterocycles. The molecule has 0 spiro atoms. The zero-order valence-electron chi connectivity index (χ0n) is 11.5. The van der Waals surface area contributed by atoms with E-state index in [1.807, 2.05) is 13.8 Å². The highest BCUT2D eigenvalue weighted by atomic mass is 16.4. The predicted octanol–water partition coefficient (Wildman–Crippen LogP) is 2.90. The summed E-state index contributed by atoms with van der Waals surface area (Å²) in [6, 6.07) is 0. The van der Waals surface area contributed by atoms with E-state index in [4.69, 9.17) is 5.11 Å². The number of hydrogen-bond donors (Lipinski definition) is 2. The summed E-state index contributed by atoms with van der Waals surface area (Å²) in [5, 5.41) is 12.3. The van der Waals surface area contributed by atoms with Gasteiger partial charge >= 0.3 is 5.97 Å². The Kier molecular flexibility index (Phi) is 4.35. The van der Waals surface area contributed by atoms with Crippen LogP contribution in [0.3, 0.4) is 0 Å². The van der Waals surface area contributed by atoms with Crippen molar-refractivity contribution in [2.45, 2.75) is 45.4 Å². The average molecular weight is 263 g/mol. The number of nitrogens with zero attached hydrogens (tertiary/aromatic N) is 2. The van der Waals surface area contributed by atoms with Crippen LogP contribution in [-0.2, 0) is 0 Å². The van der Waals surface area contributed by atoms with Gasteiger partial charge in [-0.05, 0) is 24.7 Å². The molecule has 0 aromatic carbocycles. The van der Waals surface area contributed by atoms with E-state index in [0.717, 1.165) is 18.1 Å². The van der Waals surface area contributed by atoms with E-state index in [1.165, 1.54) is 31.9 Å². The van der Waals surface area contributed by atoms with Crippen molar-refractivity contribution in [1.29, 1.82) is 0 Å². The first kappa shape index (κ1) is 13.8. The van der Waals surface area contributed by atoms with Gasteiger partial charge < -0.3 is 10.4 Å². The van der Waals surface area contributed by atoms with Gasteiger partial charge in [-0.3, -0.25) is 0 Å². The van der Waals surface area contributed by atoms with Crippen molar-refractivity contribution < 1.29 is 9.90 Å². The number of aromatic carboxylic acids is 1. The number of anilines is 1. The van der Waals surface area contributed by atoms with Crippen molar-refractivity contribution in [3.63, 3.8) is 0 Å². The Bertz CT molecular complexity index is 454. The third-order valence-electron chi connectivity index (χ3n) is 3.60. The fourth-order valence-electron chi connectivity index (χ4n) is 2.50. The van der Waals surface area contributed by atoms with E-state index in [1.54, 1.807) is 0 Å². The molecule has 0 bridgehead atoms. The summed E-state index contributed by atoms with van der Waals surface area (Å²) in [4.78, 5) is 19.4. The quantitative estimate of drug-likeness (QED) is 0.854. The van der Waals surface area contributed by atoms with E-state index in [0.29, 0.717) is 5.92 Å². The lowest BCUT2D eigenvalue weighted by Crippen LogP contribution is -2.16. The van der Waals surface area contributed by atoms with Gasteiger partial charge in [-0.1, -0.05) is 26.7 Å². The number of nitrogens with one attached hydrogen (secondary N) is 1. The summed E-state index contributed by atoms with van der Waals surface area (Å²) in [5.41, 5.74) is 0.744. The highest BCUT2D eigenvalue weighted by Gasteiger charge is 2.18. The average Bonchev–Trinajstić information content (AvgIpc) is 2.89. The van der Waals surface area contributed by atoms with Crippen LogP contribution >= 0.6 is 0 Å². The molecule has 19 heavy (non-hydrogen) atoms. The van der Waals surface area contributed by atoms with Crippen LogP contribution in [-0.4, -0.2) is 27.6 Å². The summed E-state index contributed by atoms with van der Waals surface area (Å²) >= 11 is 0. The van der Waals surface area contributed by atoms with Crippen molar-refractivity contribution >= 4 is 11.8 Å². The van der Waals surface area contributed by atoms with Crippen LogP contribution in [0, 0.1) is 5.92 Å². The minimum absolute atomic E-state index is 0.00937. The second-order valence-corrected chi connectivity index (χ2v) is 5.48. The van der Waals surface area contributed by atoms with E-state index in [2.05, 4.69) is 15.3 Å². The monoisotopic (exact) mass is 263 g/mol. The van der Waals surface area contributed by atoms with E-state index in [9.17, 15) is 4.79 Å². The first-order valence-electron chi connectivity index (χ1n) is 6.92. The van der Waals surface area contributed by atoms with Gasteiger partial charge in [0, 0.05) is 6.54 Å². The zero-order chi connectivity index (χ0) is 13.8. The Morgan fingerprint density at radius 2 is 2.16 bits per heavy atom. The van der Waals surface area contributed by atoms with Crippen molar-refractivity contribution in [3.05, 3.63) is 17.6 Å². The third kappa shape index (κ3) is 3.43. The number of aromatic nitrogens is 2. The summed E-state index contributed by atoms with van der Waals surface area (Å²) in [6.07, 6.45) is 6.49. The Balaban J connectivity index is 2.11. The number of carboxylic acid groups (broad SMARTS) is 1. The predicted molar refractivity (Wildman–Crippen MR) is 73.5 cm³/mol. The highest BCUT2D eigenvalue weighted by molar-refractivity contribution is 5.85. The van der Waals surface area contributed by atoms with Crippen LogP contribution < -0.4 is 5.32 Å². The molecule has 0 radical (unpaired) electrons. The fourth-order valence-corrected chi connectivity index (χ4v) is 2.50. The van der Waals surface area contributed by atoms with Crippen molar-refractivity contribution in [2.24, 2.45) is 5.92 Å². The second kappa shape index (κ2) is 5.99. The molecule has 0 unspecified atom stereocenters. The lowest BCUT2D eigenvalue weighted by Gasteiger charge is -2.15. The molecule has 1 aromatic rings. The molecule has 0 aliphatic heterocycles. The Morgan fingerprint density at radius 3 is 2.74 bits per heavy atom. The molecule has 0 amide bonds. The van der Waals surface area contributed by atoms with Gasteiger partial charge in [-0.15, -0.1) is 0 Å². The Morgan fingerprint density at radius 1 is 1.47 bits per heavy atom. The van der Waals surface area contributed by atoms with Crippen LogP contribution in [0.25, 0.3) is 0 Å². The van der Waals surface area contributed by atoms with Crippen LogP contribution in [0.4, 0.5) is 5.82 Å². The van der Waals surface area contributed by atoms with Crippen LogP contribution in [0.1, 0.15) is 61.6 Å². The largest absolute Gasteiger partial charge is 0.476 e. The Labute approximate surface area is 113 Å². The standard InChI is InChI=1S/C14H21N3O2/c1-9(2)12-13(15-7-10-5-3-4-6-10)16-8-11(17-12)14(18)19/h8-10H,3-7H2,1-2H3,(H,15,16)(H,18,19). The summed E-state index contributed by atoms with van der Waals surface area (Å²) in [5.74, 6) is 0.558. The minimum atomic E-state index is -1.03. The van der Waals surface area contributed by atoms with E-state index >= 15 is 0 Å². The lowest BCUT2D eigenvalue weighted by atomic mass is 10.1. The van der Waals surface area contributed by atoms with Gasteiger partial charge in [0.25, 0.3) is 0 Å². The summed E-state index contributed by atoms with van der Waals surface area (Å²) in [6.45, 7) is 4.90. The maximum Gasteiger partial charge on any atom is 0.356 e. The van der Waals surface area contributed by atoms with Gasteiger partial charge in [0.2, 0.25) is 0 Å². The molecule has 1 fully saturated rings. The summed E-state index contributed by atoms with van der Waals surface area (Å²) in [7, 11) is 0. The number of carboxylic acids is 1. The molecule has 1 aliphatic carbocycles. The van der Waals surface area contributed by atoms with Gasteiger partial charge in [0.15, 0.2) is 5.69 Å². The van der Waals surface area contributed by atoms with Gasteiger partial charge in [0.1, 0.15) is 5.82 Å². The molecule has 2 N–H and O–H groups in total. The van der Waals surface area contributed by atoms with E-state index < -0.39 is 5.97 Å². The summed E-state index contributed by atoms with van der Waals surface area (Å²) < 4.78 is 0. The number of carbonyl (C=O) groups is 1. The first-order valence-corrected chi connectivity index (χ1v) is 6.92. The molecule has 104 valence electrons. The Hall–Kier alpha value is -1.65. The molecule has 5 heteroatoms. The van der Waals surface area contributed by atoms with Crippen molar-refractivity contribution in [3.8, 4) is 0 Å². The van der Waals surface area contributed by atoms with Crippen LogP contribution in [0.2, 0.25) is 0 Å². The van der Waals surface area contributed by atoms with Gasteiger partial charge in [0.05, 0.1) is 11.9 Å². The third-order valence-corrected chi connectivity index (χ3v) is 3.60. The minimum Gasteiger partial charge on any atom is -0.476 e. The SMILES string of the molecule is CC(C)c1nc(C(=O)O)cnc1NCC1CCCC1. The second-order valence-electron chi connectivity index (χ2n) is 5.48. The van der Waals surface area contributed by atoms with Crippen molar-refractivity contribution in [1.82, 2.24) is 9.97 Å². The zero-order valence-corrected chi connectivity index (χ0v) is 11.5. The van der Waals surface area contributed by atoms with Gasteiger partial charge in [-0.2, -0.15) is 0 Å². The number of hydrogen-bond acceptors (Lipinski definition) is 4. The first-order chi connectivity index (χ1) is 9.08. The van der Waals surface area contributed by atoms with Crippen LogP contribution in [0.5, 0.6) is 0 Å². The van der Waals surface area contributed by atoms with Crippen molar-refractivity contribution in [2.75, 3.05) is 11.9 Å². The molecular weight excluding hydrogens is 242 g/mol. The number of rotatable bonds is 5. The molecule has 1 aromatic heterocycles. The van der Waals surface area contributed by atoms with E-state index in [-0.39, 0.29) is 11.6 Å². The van der Waals surface area contributed by atoms with Crippen LogP contribution in [0.15, 0.2) is 6.20 Å². The molecule has 2 rings (SSSR count). The molecule has 1 saturated carbocycles. The molecule has 5 nitrogen and oxygen atoms in total. The topological polar surface area (TPSA) is 75.1 Å². The molecule has 0 saturated heterocycles. The molecular formula is C14H21N3O2. The maximum atomic E-state index is 10.9. The molecule has 0 atom stereocenters. The van der Waals surface area contributed by atoms with Gasteiger partial charge in [-0.25, -0.2) is 14.8 Å². The molecule has 1 aliphatic rings. The highest BCUT2D eigenvalue weighted by Crippen LogP contribution is 2.26.